The van der Waals surface area contributed by atoms with Crippen LogP contribution >= 0.6 is 0 Å². The van der Waals surface area contributed by atoms with Crippen molar-refractivity contribution in [1.82, 2.24) is 9.44 Å². The molecule has 0 amide bonds. The highest BCUT2D eigenvalue weighted by molar-refractivity contribution is 7.89. The predicted octanol–water partition coefficient (Wildman–Crippen LogP) is 4.31. The Hall–Kier alpha value is -1.74. The van der Waals surface area contributed by atoms with E-state index in [1.54, 1.807) is 60.7 Å². The molecule has 0 fully saturated rings. The minimum atomic E-state index is -3.58. The van der Waals surface area contributed by atoms with Crippen LogP contribution in [0.15, 0.2) is 70.5 Å². The Morgan fingerprint density at radius 2 is 1.19 bits per heavy atom. The van der Waals surface area contributed by atoms with Crippen LogP contribution in [0.5, 0.6) is 0 Å². The first-order valence-corrected chi connectivity index (χ1v) is 13.8. The summed E-state index contributed by atoms with van der Waals surface area (Å²) in [5, 5.41) is 0. The van der Waals surface area contributed by atoms with Crippen molar-refractivity contribution in [2.45, 2.75) is 62.2 Å². The van der Waals surface area contributed by atoms with E-state index in [-0.39, 0.29) is 15.2 Å². The van der Waals surface area contributed by atoms with Crippen LogP contribution in [0.25, 0.3) is 0 Å². The summed E-state index contributed by atoms with van der Waals surface area (Å²) in [4.78, 5) is 0.504. The molecule has 8 heteroatoms. The molecule has 2 rings (SSSR count). The third-order valence-electron chi connectivity index (χ3n) is 5.73. The Labute approximate surface area is 187 Å². The molecule has 0 saturated carbocycles. The highest BCUT2D eigenvalue weighted by Crippen LogP contribution is 2.34. The fourth-order valence-corrected chi connectivity index (χ4v) is 5.89. The van der Waals surface area contributed by atoms with Gasteiger partial charge in [-0.15, -0.1) is 0 Å². The van der Waals surface area contributed by atoms with Crippen molar-refractivity contribution in [2.24, 2.45) is 5.41 Å². The Balaban J connectivity index is 2.00. The first-order chi connectivity index (χ1) is 14.7. The summed E-state index contributed by atoms with van der Waals surface area (Å²) in [7, 11) is -7.11. The molecule has 0 aromatic heterocycles. The van der Waals surface area contributed by atoms with E-state index < -0.39 is 20.0 Å². The number of benzene rings is 2. The molecule has 172 valence electrons. The second-order valence-corrected chi connectivity index (χ2v) is 11.4. The lowest BCUT2D eigenvalue weighted by Crippen LogP contribution is -2.38. The second-order valence-electron chi connectivity index (χ2n) is 7.91. The standard InChI is InChI=1S/C23H34N2O4S2/c1-3-5-17-23(4-2,20-25-31(28,29)22-15-10-7-11-16-22)18-12-19-24-30(26,27)21-13-8-6-9-14-21/h6-11,13-16,24-25H,3-5,12,17-20H2,1-2H3/t23-/m1/s1. The number of sulfonamides is 2. The molecule has 0 spiro atoms. The van der Waals surface area contributed by atoms with E-state index in [1.807, 2.05) is 0 Å². The summed E-state index contributed by atoms with van der Waals surface area (Å²) in [6.45, 7) is 4.84. The number of hydrogen-bond donors (Lipinski definition) is 2. The van der Waals surface area contributed by atoms with Crippen molar-refractivity contribution < 1.29 is 16.8 Å². The minimum Gasteiger partial charge on any atom is -0.211 e. The first kappa shape index (κ1) is 25.5. The van der Waals surface area contributed by atoms with Gasteiger partial charge in [-0.05, 0) is 55.4 Å². The van der Waals surface area contributed by atoms with Gasteiger partial charge in [0.1, 0.15) is 0 Å². The summed E-state index contributed by atoms with van der Waals surface area (Å²) in [6, 6.07) is 16.7. The fourth-order valence-electron chi connectivity index (χ4n) is 3.62. The van der Waals surface area contributed by atoms with Crippen LogP contribution in [0.2, 0.25) is 0 Å². The smallest absolute Gasteiger partial charge is 0.211 e. The van der Waals surface area contributed by atoms with E-state index in [4.69, 9.17) is 0 Å². The third-order valence-corrected chi connectivity index (χ3v) is 8.62. The van der Waals surface area contributed by atoms with E-state index in [0.29, 0.717) is 19.5 Å². The third kappa shape index (κ3) is 7.71. The normalized spacial score (nSPS) is 14.3. The summed E-state index contributed by atoms with van der Waals surface area (Å²) >= 11 is 0. The molecule has 1 atom stereocenters. The van der Waals surface area contributed by atoms with Crippen molar-refractivity contribution in [3.05, 3.63) is 60.7 Å². The Kier molecular flexibility index (Phi) is 9.68. The van der Waals surface area contributed by atoms with Crippen LogP contribution < -0.4 is 9.44 Å². The molecule has 0 aliphatic carbocycles. The van der Waals surface area contributed by atoms with Gasteiger partial charge < -0.3 is 0 Å². The predicted molar refractivity (Wildman–Crippen MR) is 125 cm³/mol. The van der Waals surface area contributed by atoms with Crippen molar-refractivity contribution in [3.8, 4) is 0 Å². The molecule has 2 aromatic carbocycles. The van der Waals surface area contributed by atoms with E-state index in [0.717, 1.165) is 32.1 Å². The first-order valence-electron chi connectivity index (χ1n) is 10.8. The van der Waals surface area contributed by atoms with Gasteiger partial charge in [-0.3, -0.25) is 0 Å². The second kappa shape index (κ2) is 11.8. The average molecular weight is 467 g/mol. The van der Waals surface area contributed by atoms with Crippen molar-refractivity contribution in [1.29, 1.82) is 0 Å². The Morgan fingerprint density at radius 1 is 0.710 bits per heavy atom. The van der Waals surface area contributed by atoms with Gasteiger partial charge in [0.2, 0.25) is 20.0 Å². The molecule has 2 N–H and O–H groups in total. The van der Waals surface area contributed by atoms with E-state index in [1.165, 1.54) is 0 Å². The molecule has 6 nitrogen and oxygen atoms in total. The van der Waals surface area contributed by atoms with Gasteiger partial charge in [0.15, 0.2) is 0 Å². The fraction of sp³-hybridized carbons (Fsp3) is 0.478. The molecule has 31 heavy (non-hydrogen) atoms. The molecule has 0 bridgehead atoms. The maximum Gasteiger partial charge on any atom is 0.240 e. The van der Waals surface area contributed by atoms with Crippen molar-refractivity contribution in [3.63, 3.8) is 0 Å². The van der Waals surface area contributed by atoms with Crippen LogP contribution in [-0.2, 0) is 20.0 Å². The lowest BCUT2D eigenvalue weighted by Gasteiger charge is -2.33. The SMILES string of the molecule is CCCC[C@](CC)(CCCNS(=O)(=O)c1ccccc1)CNS(=O)(=O)c1ccccc1. The number of unbranched alkanes of at least 4 members (excludes halogenated alkanes) is 1. The summed E-state index contributed by atoms with van der Waals surface area (Å²) < 4.78 is 55.6. The topological polar surface area (TPSA) is 92.3 Å². The van der Waals surface area contributed by atoms with E-state index in [9.17, 15) is 16.8 Å². The minimum absolute atomic E-state index is 0.212. The quantitative estimate of drug-likeness (QED) is 0.406. The van der Waals surface area contributed by atoms with Gasteiger partial charge >= 0.3 is 0 Å². The molecule has 0 saturated heterocycles. The summed E-state index contributed by atoms with van der Waals surface area (Å²) in [5.74, 6) is 0. The maximum absolute atomic E-state index is 12.7. The average Bonchev–Trinajstić information content (AvgIpc) is 2.79. The van der Waals surface area contributed by atoms with E-state index in [2.05, 4.69) is 23.3 Å². The van der Waals surface area contributed by atoms with Gasteiger partial charge in [0, 0.05) is 13.1 Å². The zero-order chi connectivity index (χ0) is 22.8. The van der Waals surface area contributed by atoms with Gasteiger partial charge in [0.25, 0.3) is 0 Å². The number of rotatable bonds is 14. The Bertz CT molecular complexity index is 994. The van der Waals surface area contributed by atoms with Crippen LogP contribution in [0, 0.1) is 5.41 Å². The highest BCUT2D eigenvalue weighted by atomic mass is 32.2. The number of nitrogens with one attached hydrogen (secondary N) is 2. The zero-order valence-corrected chi connectivity index (χ0v) is 20.0. The van der Waals surface area contributed by atoms with Gasteiger partial charge in [-0.25, -0.2) is 26.3 Å². The van der Waals surface area contributed by atoms with Crippen LogP contribution in [-0.4, -0.2) is 29.9 Å². The van der Waals surface area contributed by atoms with Crippen LogP contribution in [0.1, 0.15) is 52.4 Å². The molecular formula is C23H34N2O4S2. The zero-order valence-electron chi connectivity index (χ0n) is 18.4. The molecule has 0 radical (unpaired) electrons. The van der Waals surface area contributed by atoms with Crippen LogP contribution in [0.3, 0.4) is 0 Å². The van der Waals surface area contributed by atoms with Gasteiger partial charge in [-0.2, -0.15) is 0 Å². The lowest BCUT2D eigenvalue weighted by molar-refractivity contribution is 0.219. The number of hydrogen-bond acceptors (Lipinski definition) is 4. The monoisotopic (exact) mass is 466 g/mol. The lowest BCUT2D eigenvalue weighted by atomic mass is 9.76. The maximum atomic E-state index is 12.7. The molecule has 0 unspecified atom stereocenters. The molecule has 0 aliphatic rings. The van der Waals surface area contributed by atoms with E-state index >= 15 is 0 Å². The highest BCUT2D eigenvalue weighted by Gasteiger charge is 2.29. The van der Waals surface area contributed by atoms with Gasteiger partial charge in [0.05, 0.1) is 9.79 Å². The molecule has 0 heterocycles. The van der Waals surface area contributed by atoms with Crippen molar-refractivity contribution in [2.75, 3.05) is 13.1 Å². The Morgan fingerprint density at radius 3 is 1.68 bits per heavy atom. The van der Waals surface area contributed by atoms with Crippen molar-refractivity contribution >= 4 is 20.0 Å². The molecular weight excluding hydrogens is 432 g/mol. The summed E-state index contributed by atoms with van der Waals surface area (Å²) in [5.41, 5.74) is -0.212. The molecule has 2 aromatic rings. The summed E-state index contributed by atoms with van der Waals surface area (Å²) in [6.07, 6.45) is 5.10. The van der Waals surface area contributed by atoms with Gasteiger partial charge in [-0.1, -0.05) is 63.1 Å². The van der Waals surface area contributed by atoms with Crippen LogP contribution in [0.4, 0.5) is 0 Å². The largest absolute Gasteiger partial charge is 0.240 e. The molecule has 0 aliphatic heterocycles.